The second-order valence-electron chi connectivity index (χ2n) is 29.8. The van der Waals surface area contributed by atoms with Gasteiger partial charge in [-0.3, -0.25) is 37.3 Å². The average molecular weight is 1450 g/mol. The van der Waals surface area contributed by atoms with Gasteiger partial charge in [0.25, 0.3) is 0 Å². The van der Waals surface area contributed by atoms with Crippen molar-refractivity contribution in [2.24, 2.45) is 11.8 Å². The average Bonchev–Trinajstić information content (AvgIpc) is 1.22. The van der Waals surface area contributed by atoms with Crippen LogP contribution in [0, 0.1) is 11.8 Å². The first-order chi connectivity index (χ1) is 47.9. The Balaban J connectivity index is 5.21. The molecule has 0 aliphatic carbocycles. The number of ether oxygens (including phenoxy) is 4. The van der Waals surface area contributed by atoms with E-state index in [1.54, 1.807) is 0 Å². The number of rotatable bonds is 79. The number of carbonyl (C=O) groups excluding carboxylic acids is 4. The third-order valence-corrected chi connectivity index (χ3v) is 20.6. The van der Waals surface area contributed by atoms with Gasteiger partial charge in [-0.1, -0.05) is 369 Å². The molecule has 0 aromatic rings. The molecule has 3 N–H and O–H groups in total. The van der Waals surface area contributed by atoms with Crippen LogP contribution in [0.2, 0.25) is 0 Å². The highest BCUT2D eigenvalue weighted by atomic mass is 31.2. The molecule has 0 aliphatic heterocycles. The van der Waals surface area contributed by atoms with Crippen LogP contribution in [-0.2, 0) is 65.4 Å². The van der Waals surface area contributed by atoms with Crippen molar-refractivity contribution in [2.75, 3.05) is 39.6 Å². The lowest BCUT2D eigenvalue weighted by Crippen LogP contribution is -2.30. The van der Waals surface area contributed by atoms with Gasteiger partial charge in [-0.05, 0) is 37.5 Å². The van der Waals surface area contributed by atoms with Gasteiger partial charge in [0, 0.05) is 25.7 Å². The molecule has 0 rings (SSSR count). The number of aliphatic hydroxyl groups is 1. The monoisotopic (exact) mass is 1450 g/mol. The first-order valence-electron chi connectivity index (χ1n) is 41.5. The SMILES string of the molecule is CCCCCCCCCCCCCCCCCCCCCCC(=O)O[C@H](COC(=O)CCCCCCCCCCCCCCCCCC(C)C)COP(=O)(O)OC[C@@H](O)COP(=O)(O)OC[C@@H](COC(=O)CCCCCCCCC(C)C)OC(=O)CCCCCCCCCCCCCC. The van der Waals surface area contributed by atoms with Crippen molar-refractivity contribution in [3.05, 3.63) is 0 Å². The summed E-state index contributed by atoms with van der Waals surface area (Å²) < 4.78 is 68.6. The highest BCUT2D eigenvalue weighted by Gasteiger charge is 2.30. The Kier molecular flexibility index (Phi) is 70.3. The minimum atomic E-state index is -4.96. The molecule has 0 radical (unpaired) electrons. The van der Waals surface area contributed by atoms with E-state index in [4.69, 9.17) is 37.0 Å². The highest BCUT2D eigenvalue weighted by Crippen LogP contribution is 2.45. The van der Waals surface area contributed by atoms with E-state index >= 15 is 0 Å². The van der Waals surface area contributed by atoms with Gasteiger partial charge in [-0.25, -0.2) is 9.13 Å². The Hall–Kier alpha value is -1.94. The largest absolute Gasteiger partial charge is 0.472 e. The quantitative estimate of drug-likeness (QED) is 0.0222. The number of carbonyl (C=O) groups is 4. The molecular weight excluding hydrogens is 1290 g/mol. The van der Waals surface area contributed by atoms with E-state index in [9.17, 15) is 43.2 Å². The van der Waals surface area contributed by atoms with Crippen LogP contribution in [0.5, 0.6) is 0 Å². The van der Waals surface area contributed by atoms with Gasteiger partial charge < -0.3 is 33.8 Å². The van der Waals surface area contributed by atoms with Crippen LogP contribution in [-0.4, -0.2) is 96.7 Å². The summed E-state index contributed by atoms with van der Waals surface area (Å²) in [5.41, 5.74) is 0. The molecule has 17 nitrogen and oxygen atoms in total. The van der Waals surface area contributed by atoms with E-state index in [-0.39, 0.29) is 25.7 Å². The molecule has 0 saturated heterocycles. The standard InChI is InChI=1S/C80H156O17P2/c1-7-9-11-13-15-17-19-21-22-23-24-25-26-29-33-37-41-45-53-59-65-80(85)96-75(68-90-77(82)62-56-50-43-39-36-32-30-27-28-31-34-38-42-48-54-60-72(3)4)70-94-98(86,87)92-66-74(81)67-93-99(88,89)95-71-76(69-91-78(83)63-57-51-47-46-49-55-61-73(5)6)97-79(84)64-58-52-44-40-35-20-18-16-14-12-10-8-2/h72-76,81H,7-71H2,1-6H3,(H,86,87)(H,88,89)/t74-,75-,76-/m1/s1. The molecule has 0 aromatic carbocycles. The lowest BCUT2D eigenvalue weighted by molar-refractivity contribution is -0.161. The summed E-state index contributed by atoms with van der Waals surface area (Å²) in [6, 6.07) is 0. The molecule has 0 amide bonds. The Morgan fingerprint density at radius 2 is 0.465 bits per heavy atom. The number of hydrogen-bond acceptors (Lipinski definition) is 15. The number of hydrogen-bond donors (Lipinski definition) is 3. The number of phosphoric acid groups is 2. The smallest absolute Gasteiger partial charge is 0.462 e. The van der Waals surface area contributed by atoms with Gasteiger partial charge in [-0.15, -0.1) is 0 Å². The van der Waals surface area contributed by atoms with Crippen LogP contribution in [0.15, 0.2) is 0 Å². The Bertz CT molecular complexity index is 1910. The van der Waals surface area contributed by atoms with Crippen molar-refractivity contribution in [2.45, 2.75) is 439 Å². The van der Waals surface area contributed by atoms with Crippen LogP contribution in [0.3, 0.4) is 0 Å². The van der Waals surface area contributed by atoms with Gasteiger partial charge >= 0.3 is 39.5 Å². The maximum atomic E-state index is 13.1. The van der Waals surface area contributed by atoms with Crippen LogP contribution in [0.25, 0.3) is 0 Å². The molecular formula is C80H156O17P2. The Morgan fingerprint density at radius 3 is 0.687 bits per heavy atom. The van der Waals surface area contributed by atoms with Crippen molar-refractivity contribution in [1.82, 2.24) is 0 Å². The van der Waals surface area contributed by atoms with E-state index < -0.39 is 97.5 Å². The van der Waals surface area contributed by atoms with Gasteiger partial charge in [0.2, 0.25) is 0 Å². The van der Waals surface area contributed by atoms with Gasteiger partial charge in [0.15, 0.2) is 12.2 Å². The van der Waals surface area contributed by atoms with E-state index in [1.807, 2.05) is 0 Å². The third-order valence-electron chi connectivity index (χ3n) is 18.7. The molecule has 588 valence electrons. The Labute approximate surface area is 607 Å². The minimum absolute atomic E-state index is 0.106. The zero-order chi connectivity index (χ0) is 72.8. The van der Waals surface area contributed by atoms with Crippen LogP contribution in [0.1, 0.15) is 420 Å². The molecule has 0 saturated carbocycles. The topological polar surface area (TPSA) is 237 Å². The summed E-state index contributed by atoms with van der Waals surface area (Å²) in [5.74, 6) is -0.626. The number of unbranched alkanes of at least 4 members (excludes halogenated alkanes) is 49. The van der Waals surface area contributed by atoms with Crippen LogP contribution in [0.4, 0.5) is 0 Å². The first kappa shape index (κ1) is 97.1. The maximum absolute atomic E-state index is 13.1. The van der Waals surface area contributed by atoms with Crippen molar-refractivity contribution in [1.29, 1.82) is 0 Å². The number of esters is 4. The molecule has 0 fully saturated rings. The van der Waals surface area contributed by atoms with Gasteiger partial charge in [0.05, 0.1) is 26.4 Å². The fourth-order valence-corrected chi connectivity index (χ4v) is 13.9. The summed E-state index contributed by atoms with van der Waals surface area (Å²) >= 11 is 0. The molecule has 2 unspecified atom stereocenters. The predicted octanol–water partition coefficient (Wildman–Crippen LogP) is 23.9. The number of aliphatic hydroxyl groups excluding tert-OH is 1. The molecule has 99 heavy (non-hydrogen) atoms. The summed E-state index contributed by atoms with van der Waals surface area (Å²) in [6.07, 6.45) is 61.3. The van der Waals surface area contributed by atoms with E-state index in [0.717, 1.165) is 102 Å². The highest BCUT2D eigenvalue weighted by molar-refractivity contribution is 7.47. The van der Waals surface area contributed by atoms with Crippen LogP contribution >= 0.6 is 15.6 Å². The van der Waals surface area contributed by atoms with Crippen molar-refractivity contribution in [3.8, 4) is 0 Å². The summed E-state index contributed by atoms with van der Waals surface area (Å²) in [5, 5.41) is 10.6. The summed E-state index contributed by atoms with van der Waals surface area (Å²) in [7, 11) is -9.91. The molecule has 0 aliphatic rings. The molecule has 0 spiro atoms. The Morgan fingerprint density at radius 1 is 0.273 bits per heavy atom. The molecule has 0 aromatic heterocycles. The lowest BCUT2D eigenvalue weighted by atomic mass is 10.0. The fraction of sp³-hybridized carbons (Fsp3) is 0.950. The predicted molar refractivity (Wildman–Crippen MR) is 405 cm³/mol. The number of phosphoric ester groups is 2. The minimum Gasteiger partial charge on any atom is -0.462 e. The molecule has 0 bridgehead atoms. The van der Waals surface area contributed by atoms with Gasteiger partial charge in [0.1, 0.15) is 19.3 Å². The molecule has 19 heteroatoms. The normalized spacial score (nSPS) is 13.9. The molecule has 0 heterocycles. The van der Waals surface area contributed by atoms with Gasteiger partial charge in [-0.2, -0.15) is 0 Å². The second kappa shape index (κ2) is 71.7. The third kappa shape index (κ3) is 74.1. The lowest BCUT2D eigenvalue weighted by Gasteiger charge is -2.21. The second-order valence-corrected chi connectivity index (χ2v) is 32.7. The van der Waals surface area contributed by atoms with Crippen LogP contribution < -0.4 is 0 Å². The van der Waals surface area contributed by atoms with Crippen molar-refractivity contribution < 1.29 is 80.2 Å². The zero-order valence-electron chi connectivity index (χ0n) is 64.8. The maximum Gasteiger partial charge on any atom is 0.472 e. The van der Waals surface area contributed by atoms with E-state index in [1.165, 1.54) is 231 Å². The summed E-state index contributed by atoms with van der Waals surface area (Å²) in [6.45, 7) is 9.57. The fourth-order valence-electron chi connectivity index (χ4n) is 12.4. The van der Waals surface area contributed by atoms with Crippen molar-refractivity contribution >= 4 is 39.5 Å². The van der Waals surface area contributed by atoms with E-state index in [2.05, 4.69) is 41.5 Å². The summed E-state index contributed by atoms with van der Waals surface area (Å²) in [4.78, 5) is 72.9. The first-order valence-corrected chi connectivity index (χ1v) is 44.5. The zero-order valence-corrected chi connectivity index (χ0v) is 66.6. The van der Waals surface area contributed by atoms with E-state index in [0.29, 0.717) is 31.6 Å². The molecule has 5 atom stereocenters. The van der Waals surface area contributed by atoms with Crippen molar-refractivity contribution in [3.63, 3.8) is 0 Å².